The van der Waals surface area contributed by atoms with Gasteiger partial charge in [-0.2, -0.15) is 0 Å². The molecule has 13 heteroatoms. The SMILES string of the molecule is CNC(N)NCCCC(N)C(O)OC(CC(C)C)C(=O)NC(CC(C)C)C(O)NC(C=O)C(N)O. The van der Waals surface area contributed by atoms with Gasteiger partial charge >= 0.3 is 0 Å². The zero-order valence-corrected chi connectivity index (χ0v) is 21.7. The molecule has 35 heavy (non-hydrogen) atoms. The second-order valence-corrected chi connectivity index (χ2v) is 9.68. The number of ether oxygens (including phenoxy) is 1. The summed E-state index contributed by atoms with van der Waals surface area (Å²) < 4.78 is 5.65. The molecule has 0 radical (unpaired) electrons. The van der Waals surface area contributed by atoms with Crippen molar-refractivity contribution in [2.45, 2.75) is 103 Å². The fraction of sp³-hybridized carbons (Fsp3) is 0.909. The lowest BCUT2D eigenvalue weighted by Crippen LogP contribution is -2.59. The molecule has 0 rings (SSSR count). The molecule has 0 saturated heterocycles. The second kappa shape index (κ2) is 18.1. The number of hydrogen-bond donors (Lipinski definition) is 10. The average molecular weight is 508 g/mol. The zero-order valence-electron chi connectivity index (χ0n) is 21.7. The topological polar surface area (TPSA) is 230 Å². The van der Waals surface area contributed by atoms with Gasteiger partial charge in [0.05, 0.1) is 12.1 Å². The molecule has 0 aromatic carbocycles. The van der Waals surface area contributed by atoms with E-state index in [0.717, 1.165) is 0 Å². The van der Waals surface area contributed by atoms with Crippen LogP contribution in [0.15, 0.2) is 0 Å². The van der Waals surface area contributed by atoms with E-state index in [1.54, 1.807) is 7.05 Å². The Morgan fingerprint density at radius 3 is 2.11 bits per heavy atom. The van der Waals surface area contributed by atoms with Crippen molar-refractivity contribution in [3.05, 3.63) is 0 Å². The fourth-order valence-corrected chi connectivity index (χ4v) is 3.34. The van der Waals surface area contributed by atoms with Gasteiger partial charge in [-0.05, 0) is 51.1 Å². The highest BCUT2D eigenvalue weighted by Gasteiger charge is 2.31. The number of rotatable bonds is 20. The molecule has 0 spiro atoms. The van der Waals surface area contributed by atoms with E-state index >= 15 is 0 Å². The number of aliphatic hydroxyl groups excluding tert-OH is 3. The molecule has 8 atom stereocenters. The maximum Gasteiger partial charge on any atom is 0.249 e. The molecule has 0 fully saturated rings. The Bertz CT molecular complexity index is 584. The van der Waals surface area contributed by atoms with E-state index in [2.05, 4.69) is 21.3 Å². The fourth-order valence-electron chi connectivity index (χ4n) is 3.34. The summed E-state index contributed by atoms with van der Waals surface area (Å²) in [7, 11) is 1.73. The molecule has 1 amide bonds. The molecule has 0 aliphatic carbocycles. The van der Waals surface area contributed by atoms with Crippen LogP contribution in [0.1, 0.15) is 53.4 Å². The quantitative estimate of drug-likeness (QED) is 0.0457. The van der Waals surface area contributed by atoms with Crippen molar-refractivity contribution < 1.29 is 29.6 Å². The summed E-state index contributed by atoms with van der Waals surface area (Å²) in [6.45, 7) is 8.21. The Kier molecular flexibility index (Phi) is 17.4. The summed E-state index contributed by atoms with van der Waals surface area (Å²) in [5, 5.41) is 41.7. The molecule has 13 nitrogen and oxygen atoms in total. The largest absolute Gasteiger partial charge is 0.377 e. The third kappa shape index (κ3) is 14.8. The predicted molar refractivity (Wildman–Crippen MR) is 133 cm³/mol. The molecule has 8 unspecified atom stereocenters. The first-order valence-corrected chi connectivity index (χ1v) is 12.2. The highest BCUT2D eigenvalue weighted by atomic mass is 16.6. The van der Waals surface area contributed by atoms with E-state index < -0.39 is 48.9 Å². The summed E-state index contributed by atoms with van der Waals surface area (Å²) in [4.78, 5) is 24.2. The number of carbonyl (C=O) groups is 2. The lowest BCUT2D eigenvalue weighted by atomic mass is 10.00. The van der Waals surface area contributed by atoms with Gasteiger partial charge in [0.25, 0.3) is 0 Å². The standard InChI is InChI=1S/C22H49N7O6/c1-12(2)9-15(19(32)29-16(11-30)18(24)31)28-20(33)17(10-13(3)4)35-21(34)14(23)7-6-8-27-22(25)26-5/h11-19,21-22,26-27,29,31-32,34H,6-10,23-25H2,1-5H3,(H,28,33). The van der Waals surface area contributed by atoms with E-state index in [1.165, 1.54) is 0 Å². The van der Waals surface area contributed by atoms with Crippen LogP contribution < -0.4 is 38.5 Å². The molecule has 0 saturated carbocycles. The first kappa shape index (κ1) is 33.7. The van der Waals surface area contributed by atoms with Gasteiger partial charge in [-0.1, -0.05) is 27.7 Å². The lowest BCUT2D eigenvalue weighted by Gasteiger charge is -2.31. The highest BCUT2D eigenvalue weighted by molar-refractivity contribution is 5.81. The predicted octanol–water partition coefficient (Wildman–Crippen LogP) is -2.82. The number of amides is 1. The summed E-state index contributed by atoms with van der Waals surface area (Å²) >= 11 is 0. The van der Waals surface area contributed by atoms with Crippen molar-refractivity contribution in [2.24, 2.45) is 29.0 Å². The minimum Gasteiger partial charge on any atom is -0.377 e. The van der Waals surface area contributed by atoms with Gasteiger partial charge in [0, 0.05) is 0 Å². The average Bonchev–Trinajstić information content (AvgIpc) is 2.77. The van der Waals surface area contributed by atoms with Crippen LogP contribution in [-0.2, 0) is 14.3 Å². The molecule has 0 aromatic rings. The summed E-state index contributed by atoms with van der Waals surface area (Å²) in [6, 6.07) is -2.74. The summed E-state index contributed by atoms with van der Waals surface area (Å²) in [5.74, 6) is -0.378. The normalized spacial score (nSPS) is 19.0. The highest BCUT2D eigenvalue weighted by Crippen LogP contribution is 2.15. The van der Waals surface area contributed by atoms with Crippen LogP contribution in [0.3, 0.4) is 0 Å². The molecule has 208 valence electrons. The molecule has 0 bridgehead atoms. The monoisotopic (exact) mass is 507 g/mol. The van der Waals surface area contributed by atoms with E-state index in [-0.39, 0.29) is 18.1 Å². The van der Waals surface area contributed by atoms with E-state index in [0.29, 0.717) is 38.5 Å². The number of nitrogens with one attached hydrogen (secondary N) is 4. The molecule has 0 aliphatic rings. The van der Waals surface area contributed by atoms with Gasteiger partial charge < -0.3 is 47.4 Å². The maximum atomic E-state index is 13.1. The van der Waals surface area contributed by atoms with Crippen molar-refractivity contribution in [1.82, 2.24) is 21.3 Å². The molecule has 13 N–H and O–H groups in total. The van der Waals surface area contributed by atoms with Crippen LogP contribution in [0.2, 0.25) is 0 Å². The number of aldehydes is 1. The number of aliphatic hydroxyl groups is 3. The Morgan fingerprint density at radius 1 is 1.03 bits per heavy atom. The van der Waals surface area contributed by atoms with Crippen LogP contribution in [0.25, 0.3) is 0 Å². The third-order valence-corrected chi connectivity index (χ3v) is 5.35. The Hall–Kier alpha value is -1.26. The molecular formula is C22H49N7O6. The van der Waals surface area contributed by atoms with E-state index in [4.69, 9.17) is 21.9 Å². The van der Waals surface area contributed by atoms with Crippen molar-refractivity contribution in [1.29, 1.82) is 0 Å². The zero-order chi connectivity index (χ0) is 27.1. The van der Waals surface area contributed by atoms with E-state index in [9.17, 15) is 24.9 Å². The van der Waals surface area contributed by atoms with Crippen LogP contribution in [0.5, 0.6) is 0 Å². The Morgan fingerprint density at radius 2 is 1.63 bits per heavy atom. The number of hydrogen-bond acceptors (Lipinski definition) is 12. The van der Waals surface area contributed by atoms with Crippen molar-refractivity contribution >= 4 is 12.2 Å². The third-order valence-electron chi connectivity index (χ3n) is 5.35. The van der Waals surface area contributed by atoms with Crippen LogP contribution in [-0.4, -0.2) is 90.4 Å². The van der Waals surface area contributed by atoms with Crippen LogP contribution >= 0.6 is 0 Å². The minimum atomic E-state index is -1.52. The van der Waals surface area contributed by atoms with E-state index in [1.807, 2.05) is 27.7 Å². The van der Waals surface area contributed by atoms with Crippen LogP contribution in [0.4, 0.5) is 0 Å². The second-order valence-electron chi connectivity index (χ2n) is 9.68. The minimum absolute atomic E-state index is 0.0693. The van der Waals surface area contributed by atoms with Gasteiger partial charge in [0.2, 0.25) is 5.91 Å². The van der Waals surface area contributed by atoms with Gasteiger partial charge in [0.1, 0.15) is 37.2 Å². The number of nitrogens with two attached hydrogens (primary N) is 3. The molecule has 0 aromatic heterocycles. The molecule has 0 aliphatic heterocycles. The smallest absolute Gasteiger partial charge is 0.249 e. The maximum absolute atomic E-state index is 13.1. The van der Waals surface area contributed by atoms with Crippen LogP contribution in [0, 0.1) is 11.8 Å². The Labute approximate surface area is 208 Å². The van der Waals surface area contributed by atoms with Gasteiger partial charge in [-0.3, -0.25) is 20.7 Å². The molecular weight excluding hydrogens is 458 g/mol. The van der Waals surface area contributed by atoms with Crippen molar-refractivity contribution in [2.75, 3.05) is 13.6 Å². The van der Waals surface area contributed by atoms with Gasteiger partial charge in [-0.15, -0.1) is 0 Å². The summed E-state index contributed by atoms with van der Waals surface area (Å²) in [5.41, 5.74) is 17.1. The first-order valence-electron chi connectivity index (χ1n) is 12.2. The molecule has 0 heterocycles. The summed E-state index contributed by atoms with van der Waals surface area (Å²) in [6.07, 6.45) is -3.48. The Balaban J connectivity index is 5.19. The lowest BCUT2D eigenvalue weighted by molar-refractivity contribution is -0.170. The van der Waals surface area contributed by atoms with Crippen molar-refractivity contribution in [3.63, 3.8) is 0 Å². The van der Waals surface area contributed by atoms with Gasteiger partial charge in [0.15, 0.2) is 6.29 Å². The first-order chi connectivity index (χ1) is 16.3. The number of carbonyl (C=O) groups excluding carboxylic acids is 2. The van der Waals surface area contributed by atoms with Gasteiger partial charge in [-0.25, -0.2) is 0 Å². The van der Waals surface area contributed by atoms with Crippen molar-refractivity contribution in [3.8, 4) is 0 Å².